The maximum atomic E-state index is 6.00. The molecule has 0 aromatic heterocycles. The van der Waals surface area contributed by atoms with Crippen LogP contribution in [0.3, 0.4) is 0 Å². The molecule has 3 nitrogen and oxygen atoms in total. The van der Waals surface area contributed by atoms with Crippen LogP contribution in [0.1, 0.15) is 54.4 Å². The van der Waals surface area contributed by atoms with Crippen LogP contribution in [-0.2, 0) is 0 Å². The van der Waals surface area contributed by atoms with Gasteiger partial charge in [-0.3, -0.25) is 0 Å². The fourth-order valence-electron chi connectivity index (χ4n) is 2.50. The van der Waals surface area contributed by atoms with Gasteiger partial charge in [-0.25, -0.2) is 0 Å². The number of benzene rings is 1. The van der Waals surface area contributed by atoms with Gasteiger partial charge in [-0.1, -0.05) is 20.8 Å². The van der Waals surface area contributed by atoms with Gasteiger partial charge >= 0.3 is 0 Å². The summed E-state index contributed by atoms with van der Waals surface area (Å²) in [6.07, 6.45) is 2.50. The van der Waals surface area contributed by atoms with Gasteiger partial charge in [-0.2, -0.15) is 0 Å². The van der Waals surface area contributed by atoms with E-state index >= 15 is 0 Å². The van der Waals surface area contributed by atoms with Crippen molar-refractivity contribution < 1.29 is 9.47 Å². The van der Waals surface area contributed by atoms with Crippen molar-refractivity contribution in [2.45, 2.75) is 72.1 Å². The molecule has 0 atom stereocenters. The van der Waals surface area contributed by atoms with Crippen LogP contribution in [0.5, 0.6) is 11.5 Å². The van der Waals surface area contributed by atoms with E-state index in [1.807, 2.05) is 24.3 Å². The predicted octanol–water partition coefficient (Wildman–Crippen LogP) is 4.41. The van der Waals surface area contributed by atoms with E-state index in [4.69, 9.17) is 9.47 Å². The van der Waals surface area contributed by atoms with E-state index < -0.39 is 0 Å². The first kappa shape index (κ1) is 17.1. The standard InChI is InChI=1S/C19H31NO2/c1-18(2,3)13-21-15-7-9-16(10-8-15)22-17-11-14(12-17)20-19(4,5)6/h7-10,14,17,20H,11-13H2,1-6H3. The fraction of sp³-hybridized carbons (Fsp3) is 0.684. The van der Waals surface area contributed by atoms with Crippen molar-refractivity contribution in [2.24, 2.45) is 5.41 Å². The summed E-state index contributed by atoms with van der Waals surface area (Å²) in [4.78, 5) is 0. The molecule has 124 valence electrons. The third-order valence-electron chi connectivity index (χ3n) is 3.53. The zero-order chi connectivity index (χ0) is 16.4. The Hall–Kier alpha value is -1.22. The van der Waals surface area contributed by atoms with Crippen molar-refractivity contribution in [3.8, 4) is 11.5 Å². The summed E-state index contributed by atoms with van der Waals surface area (Å²) in [5.41, 5.74) is 0.359. The average Bonchev–Trinajstić information content (AvgIpc) is 2.33. The Bertz CT molecular complexity index is 462. The first-order chi connectivity index (χ1) is 10.1. The lowest BCUT2D eigenvalue weighted by Gasteiger charge is -2.40. The van der Waals surface area contributed by atoms with Crippen LogP contribution in [0.2, 0.25) is 0 Å². The number of ether oxygens (including phenoxy) is 2. The van der Waals surface area contributed by atoms with Gasteiger partial charge < -0.3 is 14.8 Å². The van der Waals surface area contributed by atoms with Crippen LogP contribution in [0.4, 0.5) is 0 Å². The minimum Gasteiger partial charge on any atom is -0.493 e. The summed E-state index contributed by atoms with van der Waals surface area (Å²) in [7, 11) is 0. The van der Waals surface area contributed by atoms with Gasteiger partial charge in [-0.05, 0) is 63.3 Å². The highest BCUT2D eigenvalue weighted by molar-refractivity contribution is 5.31. The van der Waals surface area contributed by atoms with Crippen molar-refractivity contribution in [3.63, 3.8) is 0 Å². The third-order valence-corrected chi connectivity index (χ3v) is 3.53. The first-order valence-electron chi connectivity index (χ1n) is 8.28. The summed E-state index contributed by atoms with van der Waals surface area (Å²) in [6.45, 7) is 13.8. The molecule has 0 heterocycles. The van der Waals surface area contributed by atoms with Crippen LogP contribution < -0.4 is 14.8 Å². The molecule has 1 aliphatic carbocycles. The molecule has 0 saturated heterocycles. The van der Waals surface area contributed by atoms with E-state index in [0.717, 1.165) is 30.9 Å². The smallest absolute Gasteiger partial charge is 0.119 e. The second kappa shape index (κ2) is 6.49. The van der Waals surface area contributed by atoms with Crippen LogP contribution >= 0.6 is 0 Å². The normalized spacial score (nSPS) is 22.1. The highest BCUT2D eigenvalue weighted by atomic mass is 16.5. The van der Waals surface area contributed by atoms with Crippen molar-refractivity contribution in [3.05, 3.63) is 24.3 Å². The molecule has 0 bridgehead atoms. The molecule has 0 spiro atoms. The van der Waals surface area contributed by atoms with Gasteiger partial charge in [0, 0.05) is 11.6 Å². The maximum absolute atomic E-state index is 6.00. The lowest BCUT2D eigenvalue weighted by molar-refractivity contribution is 0.0733. The number of hydrogen-bond donors (Lipinski definition) is 1. The van der Waals surface area contributed by atoms with Gasteiger partial charge in [0.15, 0.2) is 0 Å². The molecule has 1 N–H and O–H groups in total. The Balaban J connectivity index is 1.74. The molecule has 0 aliphatic heterocycles. The molecule has 22 heavy (non-hydrogen) atoms. The highest BCUT2D eigenvalue weighted by Gasteiger charge is 2.33. The summed E-state index contributed by atoms with van der Waals surface area (Å²) >= 11 is 0. The van der Waals surface area contributed by atoms with Gasteiger partial charge in [-0.15, -0.1) is 0 Å². The lowest BCUT2D eigenvalue weighted by atomic mass is 9.87. The van der Waals surface area contributed by atoms with E-state index in [9.17, 15) is 0 Å². The topological polar surface area (TPSA) is 30.5 Å². The van der Waals surface area contributed by atoms with Gasteiger partial charge in [0.1, 0.15) is 17.6 Å². The Morgan fingerprint density at radius 2 is 1.50 bits per heavy atom. The first-order valence-corrected chi connectivity index (χ1v) is 8.28. The molecule has 3 heteroatoms. The summed E-state index contributed by atoms with van der Waals surface area (Å²) in [6, 6.07) is 8.57. The molecule has 0 radical (unpaired) electrons. The van der Waals surface area contributed by atoms with Crippen molar-refractivity contribution in [2.75, 3.05) is 6.61 Å². The summed E-state index contributed by atoms with van der Waals surface area (Å²) in [5, 5.41) is 3.61. The van der Waals surface area contributed by atoms with E-state index in [1.54, 1.807) is 0 Å². The molecular formula is C19H31NO2. The van der Waals surface area contributed by atoms with E-state index in [0.29, 0.717) is 12.1 Å². The molecule has 1 aromatic carbocycles. The molecule has 0 unspecified atom stereocenters. The van der Waals surface area contributed by atoms with E-state index in [1.165, 1.54) is 0 Å². The molecule has 1 aromatic rings. The molecular weight excluding hydrogens is 274 g/mol. The van der Waals surface area contributed by atoms with E-state index in [-0.39, 0.29) is 11.0 Å². The maximum Gasteiger partial charge on any atom is 0.119 e. The minimum atomic E-state index is 0.177. The monoisotopic (exact) mass is 305 g/mol. The van der Waals surface area contributed by atoms with Crippen LogP contribution in [-0.4, -0.2) is 24.3 Å². The van der Waals surface area contributed by atoms with Crippen LogP contribution in [0, 0.1) is 5.41 Å². The second-order valence-corrected chi connectivity index (χ2v) is 8.62. The summed E-state index contributed by atoms with van der Waals surface area (Å²) in [5.74, 6) is 1.84. The highest BCUT2D eigenvalue weighted by Crippen LogP contribution is 2.28. The molecule has 0 amide bonds. The van der Waals surface area contributed by atoms with Crippen molar-refractivity contribution >= 4 is 0 Å². The Morgan fingerprint density at radius 1 is 0.955 bits per heavy atom. The van der Waals surface area contributed by atoms with Gasteiger partial charge in [0.2, 0.25) is 0 Å². The molecule has 1 aliphatic rings. The Morgan fingerprint density at radius 3 is 2.00 bits per heavy atom. The van der Waals surface area contributed by atoms with Crippen LogP contribution in [0.15, 0.2) is 24.3 Å². The number of hydrogen-bond acceptors (Lipinski definition) is 3. The second-order valence-electron chi connectivity index (χ2n) is 8.62. The predicted molar refractivity (Wildman–Crippen MR) is 91.7 cm³/mol. The zero-order valence-corrected chi connectivity index (χ0v) is 14.9. The number of rotatable bonds is 5. The van der Waals surface area contributed by atoms with Gasteiger partial charge in [0.05, 0.1) is 6.61 Å². The van der Waals surface area contributed by atoms with Gasteiger partial charge in [0.25, 0.3) is 0 Å². The lowest BCUT2D eigenvalue weighted by Crippen LogP contribution is -2.53. The molecule has 2 rings (SSSR count). The molecule has 1 saturated carbocycles. The fourth-order valence-corrected chi connectivity index (χ4v) is 2.50. The average molecular weight is 305 g/mol. The van der Waals surface area contributed by atoms with Crippen molar-refractivity contribution in [1.29, 1.82) is 0 Å². The summed E-state index contributed by atoms with van der Waals surface area (Å²) < 4.78 is 11.8. The van der Waals surface area contributed by atoms with Crippen molar-refractivity contribution in [1.82, 2.24) is 5.32 Å². The quantitative estimate of drug-likeness (QED) is 0.874. The molecule has 1 fully saturated rings. The minimum absolute atomic E-state index is 0.177. The number of nitrogens with one attached hydrogen (secondary N) is 1. The zero-order valence-electron chi connectivity index (χ0n) is 14.9. The third kappa shape index (κ3) is 5.88. The Kier molecular flexibility index (Phi) is 5.06. The van der Waals surface area contributed by atoms with Crippen LogP contribution in [0.25, 0.3) is 0 Å². The van der Waals surface area contributed by atoms with E-state index in [2.05, 4.69) is 46.9 Å². The SMILES string of the molecule is CC(C)(C)COc1ccc(OC2CC(NC(C)(C)C)C2)cc1. The Labute approximate surface area is 135 Å². The largest absolute Gasteiger partial charge is 0.493 e.